The minimum absolute atomic E-state index is 0.0372. The molecule has 0 spiro atoms. The number of nitrogens with two attached hydrogens (primary N) is 1. The summed E-state index contributed by atoms with van der Waals surface area (Å²) >= 11 is 0. The van der Waals surface area contributed by atoms with Gasteiger partial charge in [-0.05, 0) is 53.8 Å². The van der Waals surface area contributed by atoms with E-state index >= 15 is 0 Å². The molecule has 2 N–H and O–H groups in total. The van der Waals surface area contributed by atoms with Crippen LogP contribution in [0.2, 0.25) is 0 Å². The van der Waals surface area contributed by atoms with Crippen LogP contribution in [0.15, 0.2) is 54.7 Å². The van der Waals surface area contributed by atoms with Crippen molar-refractivity contribution in [2.75, 3.05) is 26.9 Å². The van der Waals surface area contributed by atoms with E-state index in [1.54, 1.807) is 18.3 Å². The van der Waals surface area contributed by atoms with E-state index in [4.69, 9.17) is 10.5 Å². The molecule has 0 bridgehead atoms. The van der Waals surface area contributed by atoms with Gasteiger partial charge < -0.3 is 15.4 Å². The van der Waals surface area contributed by atoms with E-state index in [2.05, 4.69) is 37.5 Å². The van der Waals surface area contributed by atoms with Gasteiger partial charge >= 0.3 is 0 Å². The number of pyridine rings is 1. The highest BCUT2D eigenvalue weighted by atomic mass is 19.1. The Balaban J connectivity index is 1.76. The molecule has 0 saturated heterocycles. The molecule has 0 atom stereocenters. The Morgan fingerprint density at radius 3 is 2.58 bits per heavy atom. The Bertz CT molecular complexity index is 1200. The van der Waals surface area contributed by atoms with Gasteiger partial charge in [0.05, 0.1) is 12.7 Å². The zero-order valence-electron chi connectivity index (χ0n) is 17.5. The van der Waals surface area contributed by atoms with Crippen molar-refractivity contribution in [2.24, 2.45) is 0 Å². The van der Waals surface area contributed by atoms with Gasteiger partial charge in [0.15, 0.2) is 17.4 Å². The predicted octanol–water partition coefficient (Wildman–Crippen LogP) is 3.18. The first kappa shape index (κ1) is 20.4. The van der Waals surface area contributed by atoms with Gasteiger partial charge in [-0.15, -0.1) is 5.10 Å². The molecule has 0 fully saturated rings. The van der Waals surface area contributed by atoms with Gasteiger partial charge in [0.1, 0.15) is 11.5 Å². The molecule has 158 valence electrons. The van der Waals surface area contributed by atoms with E-state index in [0.717, 1.165) is 17.7 Å². The Hall–Kier alpha value is -3.85. The van der Waals surface area contributed by atoms with Crippen LogP contribution in [0, 0.1) is 5.82 Å². The van der Waals surface area contributed by atoms with Crippen LogP contribution >= 0.6 is 0 Å². The van der Waals surface area contributed by atoms with Crippen molar-refractivity contribution in [3.63, 3.8) is 0 Å². The van der Waals surface area contributed by atoms with E-state index in [0.29, 0.717) is 17.1 Å². The van der Waals surface area contributed by atoms with Crippen molar-refractivity contribution in [3.8, 4) is 34.0 Å². The van der Waals surface area contributed by atoms with E-state index in [9.17, 15) is 4.39 Å². The molecular formula is C22H22FN7O. The number of rotatable bonds is 6. The molecule has 2 aromatic heterocycles. The van der Waals surface area contributed by atoms with Crippen molar-refractivity contribution in [2.45, 2.75) is 6.54 Å². The number of hydrogen-bond acceptors (Lipinski definition) is 7. The van der Waals surface area contributed by atoms with Crippen molar-refractivity contribution in [3.05, 3.63) is 66.1 Å². The topological polar surface area (TPSA) is 95.0 Å². The first-order valence-electron chi connectivity index (χ1n) is 9.59. The molecule has 9 heteroatoms. The third-order valence-corrected chi connectivity index (χ3v) is 4.79. The first-order chi connectivity index (χ1) is 15.0. The quantitative estimate of drug-likeness (QED) is 0.513. The third kappa shape index (κ3) is 4.08. The van der Waals surface area contributed by atoms with Crippen LogP contribution in [0.1, 0.15) is 5.56 Å². The van der Waals surface area contributed by atoms with Crippen molar-refractivity contribution >= 4 is 5.82 Å². The molecule has 0 radical (unpaired) electrons. The zero-order valence-corrected chi connectivity index (χ0v) is 17.5. The number of anilines is 1. The molecule has 0 aliphatic rings. The van der Waals surface area contributed by atoms with E-state index in [-0.39, 0.29) is 11.6 Å². The molecule has 0 aliphatic carbocycles. The first-order valence-corrected chi connectivity index (χ1v) is 9.59. The van der Waals surface area contributed by atoms with Gasteiger partial charge in [0.2, 0.25) is 0 Å². The minimum Gasteiger partial charge on any atom is -0.492 e. The van der Waals surface area contributed by atoms with Gasteiger partial charge in [-0.1, -0.05) is 30.3 Å². The fraction of sp³-hybridized carbons (Fsp3) is 0.182. The standard InChI is InChI=1S/C22H22FN7O/c1-29(2)13-14-7-9-15(10-8-14)16-11-17(21(24)25-12-16)22-26-27-28-30(22)19-6-4-5-18(23)20(19)31-3/h4-12H,13H2,1-3H3,(H2,24,25). The number of ether oxygens (including phenoxy) is 1. The molecule has 31 heavy (non-hydrogen) atoms. The summed E-state index contributed by atoms with van der Waals surface area (Å²) in [4.78, 5) is 6.44. The predicted molar refractivity (Wildman–Crippen MR) is 116 cm³/mol. The monoisotopic (exact) mass is 419 g/mol. The van der Waals surface area contributed by atoms with Crippen molar-refractivity contribution < 1.29 is 9.13 Å². The maximum absolute atomic E-state index is 14.2. The Morgan fingerprint density at radius 2 is 1.87 bits per heavy atom. The van der Waals surface area contributed by atoms with Gasteiger partial charge in [-0.3, -0.25) is 0 Å². The van der Waals surface area contributed by atoms with Gasteiger partial charge in [0, 0.05) is 18.3 Å². The number of nitrogen functional groups attached to an aromatic ring is 1. The highest BCUT2D eigenvalue weighted by Crippen LogP contribution is 2.32. The normalized spacial score (nSPS) is 11.1. The maximum Gasteiger partial charge on any atom is 0.190 e. The number of para-hydroxylation sites is 1. The number of halogens is 1. The van der Waals surface area contributed by atoms with Crippen LogP contribution in [-0.2, 0) is 6.54 Å². The van der Waals surface area contributed by atoms with Crippen LogP contribution < -0.4 is 10.5 Å². The second kappa shape index (κ2) is 8.49. The lowest BCUT2D eigenvalue weighted by Gasteiger charge is -2.12. The lowest BCUT2D eigenvalue weighted by atomic mass is 10.0. The maximum atomic E-state index is 14.2. The molecule has 2 aromatic carbocycles. The SMILES string of the molecule is COc1c(F)cccc1-n1nnnc1-c1cc(-c2ccc(CN(C)C)cc2)cnc1N. The summed E-state index contributed by atoms with van der Waals surface area (Å²) in [6.45, 7) is 0.857. The molecule has 8 nitrogen and oxygen atoms in total. The van der Waals surface area contributed by atoms with Crippen LogP contribution in [-0.4, -0.2) is 51.3 Å². The van der Waals surface area contributed by atoms with Gasteiger partial charge in [0.25, 0.3) is 0 Å². The van der Waals surface area contributed by atoms with Gasteiger partial charge in [-0.2, -0.15) is 4.68 Å². The fourth-order valence-corrected chi connectivity index (χ4v) is 3.36. The fourth-order valence-electron chi connectivity index (χ4n) is 3.36. The highest BCUT2D eigenvalue weighted by molar-refractivity contribution is 5.76. The lowest BCUT2D eigenvalue weighted by Crippen LogP contribution is -2.10. The minimum atomic E-state index is -0.515. The van der Waals surface area contributed by atoms with E-state index in [1.807, 2.05) is 32.3 Å². The summed E-state index contributed by atoms with van der Waals surface area (Å²) in [6, 6.07) is 14.6. The molecule has 0 saturated carbocycles. The number of nitrogens with zero attached hydrogens (tertiary/aromatic N) is 6. The van der Waals surface area contributed by atoms with Crippen LogP contribution in [0.25, 0.3) is 28.2 Å². The molecule has 0 unspecified atom stereocenters. The number of benzene rings is 2. The smallest absolute Gasteiger partial charge is 0.190 e. The summed E-state index contributed by atoms with van der Waals surface area (Å²) in [6.07, 6.45) is 1.71. The summed E-state index contributed by atoms with van der Waals surface area (Å²) in [5, 5.41) is 11.9. The Kier molecular flexibility index (Phi) is 5.59. The van der Waals surface area contributed by atoms with Crippen LogP contribution in [0.4, 0.5) is 10.2 Å². The number of aromatic nitrogens is 5. The van der Waals surface area contributed by atoms with E-state index in [1.165, 1.54) is 23.4 Å². The Morgan fingerprint density at radius 1 is 1.10 bits per heavy atom. The molecule has 4 aromatic rings. The summed E-state index contributed by atoms with van der Waals surface area (Å²) in [5.74, 6) is 0.119. The van der Waals surface area contributed by atoms with E-state index < -0.39 is 5.82 Å². The number of tetrazole rings is 1. The molecule has 4 rings (SSSR count). The van der Waals surface area contributed by atoms with Crippen molar-refractivity contribution in [1.29, 1.82) is 0 Å². The second-order valence-corrected chi connectivity index (χ2v) is 7.30. The number of methoxy groups -OCH3 is 1. The van der Waals surface area contributed by atoms with Gasteiger partial charge in [-0.25, -0.2) is 9.37 Å². The lowest BCUT2D eigenvalue weighted by molar-refractivity contribution is 0.383. The summed E-state index contributed by atoms with van der Waals surface area (Å²) < 4.78 is 20.8. The average molecular weight is 419 g/mol. The summed E-state index contributed by atoms with van der Waals surface area (Å²) in [5.41, 5.74) is 10.1. The molecule has 0 aliphatic heterocycles. The molecular weight excluding hydrogens is 397 g/mol. The molecule has 2 heterocycles. The summed E-state index contributed by atoms with van der Waals surface area (Å²) in [7, 11) is 5.45. The second-order valence-electron chi connectivity index (χ2n) is 7.30. The van der Waals surface area contributed by atoms with Crippen LogP contribution in [0.3, 0.4) is 0 Å². The average Bonchev–Trinajstić information content (AvgIpc) is 3.23. The van der Waals surface area contributed by atoms with Crippen molar-refractivity contribution in [1.82, 2.24) is 30.1 Å². The number of hydrogen-bond donors (Lipinski definition) is 1. The zero-order chi connectivity index (χ0) is 22.0. The largest absolute Gasteiger partial charge is 0.492 e. The van der Waals surface area contributed by atoms with Crippen LogP contribution in [0.5, 0.6) is 5.75 Å². The Labute approximate surface area is 179 Å². The molecule has 0 amide bonds. The highest BCUT2D eigenvalue weighted by Gasteiger charge is 2.19. The third-order valence-electron chi connectivity index (χ3n) is 4.79.